The fourth-order valence-corrected chi connectivity index (χ4v) is 0.912. The van der Waals surface area contributed by atoms with E-state index in [0.29, 0.717) is 5.92 Å². The Kier molecular flexibility index (Phi) is 2.84. The first-order chi connectivity index (χ1) is 5.24. The van der Waals surface area contributed by atoms with Crippen LogP contribution >= 0.6 is 11.9 Å². The minimum atomic E-state index is 0.430. The van der Waals surface area contributed by atoms with Gasteiger partial charge in [0.1, 0.15) is 5.03 Å². The monoisotopic (exact) mass is 169 g/mol. The second-order valence-corrected chi connectivity index (χ2v) is 3.21. The van der Waals surface area contributed by atoms with Crippen molar-refractivity contribution in [3.8, 4) is 0 Å². The number of hydrogen-bond donors (Lipinski definition) is 1. The van der Waals surface area contributed by atoms with Crippen LogP contribution in [0.15, 0.2) is 17.4 Å². The second-order valence-electron chi connectivity index (χ2n) is 2.55. The Bertz CT molecular complexity index is 220. The molecule has 0 saturated carbocycles. The highest BCUT2D eigenvalue weighted by atomic mass is 32.2. The van der Waals surface area contributed by atoms with Gasteiger partial charge in [0.2, 0.25) is 0 Å². The summed E-state index contributed by atoms with van der Waals surface area (Å²) in [5.41, 5.74) is 1.00. The van der Waals surface area contributed by atoms with E-state index in [4.69, 9.17) is 5.14 Å². The van der Waals surface area contributed by atoms with Gasteiger partial charge < -0.3 is 0 Å². The molecule has 2 N–H and O–H groups in total. The van der Waals surface area contributed by atoms with E-state index in [1.807, 2.05) is 0 Å². The predicted molar refractivity (Wildman–Crippen MR) is 46.2 cm³/mol. The Morgan fingerprint density at radius 1 is 1.36 bits per heavy atom. The van der Waals surface area contributed by atoms with Crippen LogP contribution in [0.2, 0.25) is 0 Å². The molecule has 1 heterocycles. The van der Waals surface area contributed by atoms with Crippen LogP contribution < -0.4 is 5.14 Å². The summed E-state index contributed by atoms with van der Waals surface area (Å²) < 4.78 is 0. The molecule has 0 radical (unpaired) electrons. The molecule has 3 nitrogen and oxygen atoms in total. The van der Waals surface area contributed by atoms with Gasteiger partial charge in [-0.25, -0.2) is 4.98 Å². The molecule has 1 aromatic heterocycles. The van der Waals surface area contributed by atoms with E-state index in [2.05, 4.69) is 23.8 Å². The smallest absolute Gasteiger partial charge is 0.129 e. The Morgan fingerprint density at radius 3 is 2.45 bits per heavy atom. The van der Waals surface area contributed by atoms with Crippen molar-refractivity contribution < 1.29 is 0 Å². The van der Waals surface area contributed by atoms with Crippen LogP contribution in [-0.2, 0) is 0 Å². The van der Waals surface area contributed by atoms with Gasteiger partial charge in [-0.3, -0.25) is 10.1 Å². The zero-order valence-electron chi connectivity index (χ0n) is 6.61. The molecule has 4 heteroatoms. The van der Waals surface area contributed by atoms with E-state index in [1.54, 1.807) is 12.4 Å². The van der Waals surface area contributed by atoms with Crippen LogP contribution in [0.5, 0.6) is 0 Å². The van der Waals surface area contributed by atoms with E-state index >= 15 is 0 Å². The Hall–Kier alpha value is -0.610. The maximum Gasteiger partial charge on any atom is 0.129 e. The number of hydrogen-bond acceptors (Lipinski definition) is 4. The summed E-state index contributed by atoms with van der Waals surface area (Å²) in [6, 6.07) is 0. The summed E-state index contributed by atoms with van der Waals surface area (Å²) in [5.74, 6) is 0.430. The molecule has 0 bridgehead atoms. The van der Waals surface area contributed by atoms with Crippen molar-refractivity contribution in [2.75, 3.05) is 0 Å². The molecule has 11 heavy (non-hydrogen) atoms. The first-order valence-corrected chi connectivity index (χ1v) is 4.30. The average Bonchev–Trinajstić information content (AvgIpc) is 2.05. The van der Waals surface area contributed by atoms with Crippen molar-refractivity contribution in [2.45, 2.75) is 24.8 Å². The molecule has 0 atom stereocenters. The standard InChI is InChI=1S/C7H11N3S/c1-5(2)6-3-10-7(11-8)4-9-6/h3-5H,8H2,1-2H3. The molecule has 0 unspecified atom stereocenters. The maximum atomic E-state index is 5.29. The van der Waals surface area contributed by atoms with Gasteiger partial charge in [0.05, 0.1) is 18.1 Å². The Morgan fingerprint density at radius 2 is 2.09 bits per heavy atom. The summed E-state index contributed by atoms with van der Waals surface area (Å²) >= 11 is 1.12. The fraction of sp³-hybridized carbons (Fsp3) is 0.429. The number of nitrogens with two attached hydrogens (primary N) is 1. The van der Waals surface area contributed by atoms with Crippen molar-refractivity contribution in [3.63, 3.8) is 0 Å². The van der Waals surface area contributed by atoms with Gasteiger partial charge in [-0.05, 0) is 17.9 Å². The largest absolute Gasteiger partial charge is 0.272 e. The van der Waals surface area contributed by atoms with E-state index in [1.165, 1.54) is 0 Å². The molecule has 60 valence electrons. The zero-order chi connectivity index (χ0) is 8.27. The highest BCUT2D eigenvalue weighted by Gasteiger charge is 2.00. The molecule has 0 aliphatic heterocycles. The average molecular weight is 169 g/mol. The summed E-state index contributed by atoms with van der Waals surface area (Å²) in [5, 5.41) is 6.05. The number of nitrogens with zero attached hydrogens (tertiary/aromatic N) is 2. The van der Waals surface area contributed by atoms with Gasteiger partial charge in [-0.2, -0.15) is 0 Å². The van der Waals surface area contributed by atoms with Crippen LogP contribution in [-0.4, -0.2) is 9.97 Å². The third-order valence-corrected chi connectivity index (χ3v) is 1.81. The molecular weight excluding hydrogens is 158 g/mol. The van der Waals surface area contributed by atoms with Gasteiger partial charge in [-0.1, -0.05) is 13.8 Å². The first kappa shape index (κ1) is 8.49. The number of rotatable bonds is 2. The molecule has 0 fully saturated rings. The van der Waals surface area contributed by atoms with Crippen LogP contribution in [0.3, 0.4) is 0 Å². The van der Waals surface area contributed by atoms with Gasteiger partial charge in [-0.15, -0.1) is 0 Å². The second kappa shape index (κ2) is 3.69. The quantitative estimate of drug-likeness (QED) is 0.683. The lowest BCUT2D eigenvalue weighted by molar-refractivity contribution is 0.799. The Balaban J connectivity index is 2.83. The predicted octanol–water partition coefficient (Wildman–Crippen LogP) is 1.57. The highest BCUT2D eigenvalue weighted by molar-refractivity contribution is 7.97. The van der Waals surface area contributed by atoms with Crippen molar-refractivity contribution >= 4 is 11.9 Å². The minimum Gasteiger partial charge on any atom is -0.272 e. The summed E-state index contributed by atoms with van der Waals surface area (Å²) in [6.07, 6.45) is 3.46. The molecule has 0 aliphatic rings. The highest BCUT2D eigenvalue weighted by Crippen LogP contribution is 2.11. The molecule has 1 rings (SSSR count). The SMILES string of the molecule is CC(C)c1cnc(SN)cn1. The molecule has 0 aliphatic carbocycles. The third kappa shape index (κ3) is 2.17. The van der Waals surface area contributed by atoms with Gasteiger partial charge in [0, 0.05) is 0 Å². The van der Waals surface area contributed by atoms with E-state index in [0.717, 1.165) is 22.7 Å². The first-order valence-electron chi connectivity index (χ1n) is 3.42. The minimum absolute atomic E-state index is 0.430. The summed E-state index contributed by atoms with van der Waals surface area (Å²) in [6.45, 7) is 4.17. The molecule has 0 saturated heterocycles. The molecule has 0 amide bonds. The third-order valence-electron chi connectivity index (χ3n) is 1.36. The topological polar surface area (TPSA) is 51.8 Å². The Labute approximate surface area is 70.6 Å². The molecule has 0 aromatic carbocycles. The van der Waals surface area contributed by atoms with Gasteiger partial charge in [0.15, 0.2) is 0 Å². The van der Waals surface area contributed by atoms with Crippen LogP contribution in [0.25, 0.3) is 0 Å². The van der Waals surface area contributed by atoms with E-state index in [9.17, 15) is 0 Å². The van der Waals surface area contributed by atoms with Crippen molar-refractivity contribution in [3.05, 3.63) is 18.1 Å². The van der Waals surface area contributed by atoms with Crippen molar-refractivity contribution in [1.82, 2.24) is 9.97 Å². The van der Waals surface area contributed by atoms with Crippen LogP contribution in [0, 0.1) is 0 Å². The van der Waals surface area contributed by atoms with Gasteiger partial charge >= 0.3 is 0 Å². The fourth-order valence-electron chi connectivity index (χ4n) is 0.685. The van der Waals surface area contributed by atoms with Gasteiger partial charge in [0.25, 0.3) is 0 Å². The van der Waals surface area contributed by atoms with E-state index in [-0.39, 0.29) is 0 Å². The van der Waals surface area contributed by atoms with Crippen LogP contribution in [0.1, 0.15) is 25.5 Å². The summed E-state index contributed by atoms with van der Waals surface area (Å²) in [7, 11) is 0. The molecule has 0 spiro atoms. The zero-order valence-corrected chi connectivity index (χ0v) is 7.43. The van der Waals surface area contributed by atoms with Crippen LogP contribution in [0.4, 0.5) is 0 Å². The lowest BCUT2D eigenvalue weighted by atomic mass is 10.1. The lowest BCUT2D eigenvalue weighted by Gasteiger charge is -2.02. The number of aromatic nitrogens is 2. The summed E-state index contributed by atoms with van der Waals surface area (Å²) in [4.78, 5) is 8.28. The molecular formula is C7H11N3S. The normalized spacial score (nSPS) is 10.5. The molecule has 1 aromatic rings. The van der Waals surface area contributed by atoms with E-state index < -0.39 is 0 Å². The van der Waals surface area contributed by atoms with Crippen molar-refractivity contribution in [2.24, 2.45) is 5.14 Å². The van der Waals surface area contributed by atoms with Crippen molar-refractivity contribution in [1.29, 1.82) is 0 Å². The maximum absolute atomic E-state index is 5.29. The lowest BCUT2D eigenvalue weighted by Crippen LogP contribution is -1.94.